The van der Waals surface area contributed by atoms with Gasteiger partial charge in [-0.3, -0.25) is 9.59 Å². The maximum Gasteiger partial charge on any atom is 0.338 e. The van der Waals surface area contributed by atoms with Gasteiger partial charge in [0.2, 0.25) is 0 Å². The standard InChI is InChI=1S/C18H14BrNO4/c1-3-24-18(23)11-8-10(2)15(14(19)9-11)20-16(21)12-6-4-5-7-13(12)17(20)22/h4-9H,3H2,1-2H3. The molecule has 3 rings (SSSR count). The van der Waals surface area contributed by atoms with Crippen molar-refractivity contribution in [1.82, 2.24) is 0 Å². The van der Waals surface area contributed by atoms with E-state index >= 15 is 0 Å². The Morgan fingerprint density at radius 1 is 1.12 bits per heavy atom. The van der Waals surface area contributed by atoms with E-state index in [0.717, 1.165) is 4.90 Å². The highest BCUT2D eigenvalue weighted by atomic mass is 79.9. The van der Waals surface area contributed by atoms with Crippen LogP contribution in [0.4, 0.5) is 5.69 Å². The number of hydrogen-bond donors (Lipinski definition) is 0. The molecule has 0 N–H and O–H groups in total. The third kappa shape index (κ3) is 2.53. The number of hydrogen-bond acceptors (Lipinski definition) is 4. The Bertz CT molecular complexity index is 817. The minimum absolute atomic E-state index is 0.273. The van der Waals surface area contributed by atoms with Gasteiger partial charge in [0.15, 0.2) is 0 Å². The summed E-state index contributed by atoms with van der Waals surface area (Å²) in [6, 6.07) is 9.88. The Labute approximate surface area is 147 Å². The van der Waals surface area contributed by atoms with Crippen LogP contribution in [0.3, 0.4) is 0 Å². The number of amides is 2. The maximum atomic E-state index is 12.6. The third-order valence-corrected chi connectivity index (χ3v) is 4.39. The first-order valence-corrected chi connectivity index (χ1v) is 8.20. The van der Waals surface area contributed by atoms with Gasteiger partial charge < -0.3 is 4.74 Å². The Balaban J connectivity index is 2.07. The molecule has 0 aromatic heterocycles. The number of anilines is 1. The number of halogens is 1. The fourth-order valence-corrected chi connectivity index (χ4v) is 3.48. The van der Waals surface area contributed by atoms with Crippen molar-refractivity contribution in [2.45, 2.75) is 13.8 Å². The van der Waals surface area contributed by atoms with Crippen molar-refractivity contribution in [3.63, 3.8) is 0 Å². The van der Waals surface area contributed by atoms with Gasteiger partial charge in [-0.15, -0.1) is 0 Å². The second-order valence-corrected chi connectivity index (χ2v) is 6.19. The van der Waals surface area contributed by atoms with Gasteiger partial charge in [0.1, 0.15) is 0 Å². The molecule has 0 bridgehead atoms. The van der Waals surface area contributed by atoms with Gasteiger partial charge in [-0.2, -0.15) is 0 Å². The highest BCUT2D eigenvalue weighted by Gasteiger charge is 2.38. The molecule has 2 aromatic carbocycles. The monoisotopic (exact) mass is 387 g/mol. The number of carbonyl (C=O) groups excluding carboxylic acids is 3. The summed E-state index contributed by atoms with van der Waals surface area (Å²) in [5.41, 5.74) is 2.18. The predicted molar refractivity (Wildman–Crippen MR) is 92.4 cm³/mol. The zero-order valence-corrected chi connectivity index (χ0v) is 14.7. The van der Waals surface area contributed by atoms with Crippen LogP contribution in [0.25, 0.3) is 0 Å². The molecule has 0 aliphatic carbocycles. The summed E-state index contributed by atoms with van der Waals surface area (Å²) in [5, 5.41) is 0. The molecule has 6 heteroatoms. The van der Waals surface area contributed by atoms with Crippen LogP contribution >= 0.6 is 15.9 Å². The lowest BCUT2D eigenvalue weighted by Crippen LogP contribution is -2.30. The van der Waals surface area contributed by atoms with E-state index in [-0.39, 0.29) is 18.4 Å². The van der Waals surface area contributed by atoms with E-state index < -0.39 is 5.97 Å². The van der Waals surface area contributed by atoms with Crippen molar-refractivity contribution < 1.29 is 19.1 Å². The average molecular weight is 388 g/mol. The molecule has 0 radical (unpaired) electrons. The summed E-state index contributed by atoms with van der Waals surface area (Å²) in [4.78, 5) is 38.3. The number of nitrogens with zero attached hydrogens (tertiary/aromatic N) is 1. The number of esters is 1. The van der Waals surface area contributed by atoms with Crippen molar-refractivity contribution in [1.29, 1.82) is 0 Å². The molecule has 0 unspecified atom stereocenters. The quantitative estimate of drug-likeness (QED) is 0.594. The second-order valence-electron chi connectivity index (χ2n) is 5.34. The second kappa shape index (κ2) is 6.20. The maximum absolute atomic E-state index is 12.6. The normalized spacial score (nSPS) is 13.2. The van der Waals surface area contributed by atoms with Gasteiger partial charge in [-0.1, -0.05) is 12.1 Å². The fraction of sp³-hybridized carbons (Fsp3) is 0.167. The Morgan fingerprint density at radius 3 is 2.21 bits per heavy atom. The summed E-state index contributed by atoms with van der Waals surface area (Å²) >= 11 is 3.37. The molecule has 0 spiro atoms. The van der Waals surface area contributed by atoms with Crippen molar-refractivity contribution in [3.8, 4) is 0 Å². The summed E-state index contributed by atoms with van der Waals surface area (Å²) in [7, 11) is 0. The van der Waals surface area contributed by atoms with Crippen LogP contribution in [0.1, 0.15) is 43.6 Å². The number of benzene rings is 2. The molecule has 1 aliphatic heterocycles. The molecule has 24 heavy (non-hydrogen) atoms. The molecular weight excluding hydrogens is 374 g/mol. The molecular formula is C18H14BrNO4. The summed E-state index contributed by atoms with van der Waals surface area (Å²) in [6.07, 6.45) is 0. The minimum Gasteiger partial charge on any atom is -0.462 e. The SMILES string of the molecule is CCOC(=O)c1cc(C)c(N2C(=O)c3ccccc3C2=O)c(Br)c1. The van der Waals surface area contributed by atoms with E-state index in [4.69, 9.17) is 4.74 Å². The number of fused-ring (bicyclic) bond motifs is 1. The highest BCUT2D eigenvalue weighted by molar-refractivity contribution is 9.10. The molecule has 2 aromatic rings. The first-order chi connectivity index (χ1) is 11.5. The molecule has 122 valence electrons. The largest absolute Gasteiger partial charge is 0.462 e. The number of ether oxygens (including phenoxy) is 1. The van der Waals surface area contributed by atoms with E-state index in [2.05, 4.69) is 15.9 Å². The molecule has 1 heterocycles. The lowest BCUT2D eigenvalue weighted by atomic mass is 10.1. The van der Waals surface area contributed by atoms with Gasteiger partial charge in [0, 0.05) is 4.47 Å². The molecule has 0 fully saturated rings. The number of imide groups is 1. The van der Waals surface area contributed by atoms with E-state index in [1.54, 1.807) is 50.2 Å². The minimum atomic E-state index is -0.449. The van der Waals surface area contributed by atoms with Crippen LogP contribution in [-0.4, -0.2) is 24.4 Å². The first kappa shape index (κ1) is 16.4. The van der Waals surface area contributed by atoms with Gasteiger partial charge >= 0.3 is 5.97 Å². The average Bonchev–Trinajstić information content (AvgIpc) is 2.80. The van der Waals surface area contributed by atoms with Crippen LogP contribution in [-0.2, 0) is 4.74 Å². The third-order valence-electron chi connectivity index (χ3n) is 3.78. The van der Waals surface area contributed by atoms with E-state index in [1.807, 2.05) is 0 Å². The lowest BCUT2D eigenvalue weighted by molar-refractivity contribution is 0.0526. The Kier molecular flexibility index (Phi) is 4.24. The van der Waals surface area contributed by atoms with Gasteiger partial charge in [-0.25, -0.2) is 9.69 Å². The van der Waals surface area contributed by atoms with Crippen LogP contribution < -0.4 is 4.90 Å². The van der Waals surface area contributed by atoms with Gasteiger partial charge in [0.25, 0.3) is 11.8 Å². The molecule has 1 aliphatic rings. The van der Waals surface area contributed by atoms with Gasteiger partial charge in [0.05, 0.1) is 29.0 Å². The number of carbonyl (C=O) groups is 3. The number of aryl methyl sites for hydroxylation is 1. The Hall–Kier alpha value is -2.47. The molecule has 0 atom stereocenters. The topological polar surface area (TPSA) is 63.7 Å². The van der Waals surface area contributed by atoms with Crippen molar-refractivity contribution >= 4 is 39.4 Å². The zero-order valence-electron chi connectivity index (χ0n) is 13.1. The van der Waals surface area contributed by atoms with E-state index in [1.165, 1.54) is 0 Å². The first-order valence-electron chi connectivity index (χ1n) is 7.40. The zero-order chi connectivity index (χ0) is 17.4. The van der Waals surface area contributed by atoms with Crippen molar-refractivity contribution in [3.05, 3.63) is 63.1 Å². The van der Waals surface area contributed by atoms with Crippen LogP contribution in [0.2, 0.25) is 0 Å². The molecule has 2 amide bonds. The van der Waals surface area contributed by atoms with Crippen LogP contribution in [0.15, 0.2) is 40.9 Å². The van der Waals surface area contributed by atoms with Crippen molar-refractivity contribution in [2.75, 3.05) is 11.5 Å². The summed E-state index contributed by atoms with van der Waals surface area (Å²) < 4.78 is 5.48. The predicted octanol–water partition coefficient (Wildman–Crippen LogP) is 3.73. The molecule has 0 saturated carbocycles. The van der Waals surface area contributed by atoms with E-state index in [0.29, 0.717) is 32.4 Å². The van der Waals surface area contributed by atoms with Crippen molar-refractivity contribution in [2.24, 2.45) is 0 Å². The highest BCUT2D eigenvalue weighted by Crippen LogP contribution is 2.36. The number of rotatable bonds is 3. The van der Waals surface area contributed by atoms with Crippen LogP contribution in [0, 0.1) is 6.92 Å². The lowest BCUT2D eigenvalue weighted by Gasteiger charge is -2.19. The molecule has 0 saturated heterocycles. The van der Waals surface area contributed by atoms with Crippen LogP contribution in [0.5, 0.6) is 0 Å². The fourth-order valence-electron chi connectivity index (χ4n) is 2.74. The molecule has 5 nitrogen and oxygen atoms in total. The van der Waals surface area contributed by atoms with Gasteiger partial charge in [-0.05, 0) is 59.6 Å². The smallest absolute Gasteiger partial charge is 0.338 e. The Morgan fingerprint density at radius 2 is 1.71 bits per heavy atom. The summed E-state index contributed by atoms with van der Waals surface area (Å²) in [5.74, 6) is -1.19. The summed E-state index contributed by atoms with van der Waals surface area (Å²) in [6.45, 7) is 3.75. The van der Waals surface area contributed by atoms with E-state index in [9.17, 15) is 14.4 Å².